The Morgan fingerprint density at radius 2 is 1.63 bits per heavy atom. The average Bonchev–Trinajstić information content (AvgIpc) is 3.37. The van der Waals surface area contributed by atoms with Crippen LogP contribution in [0.15, 0.2) is 35.5 Å². The molecule has 0 fully saturated rings. The van der Waals surface area contributed by atoms with Crippen LogP contribution in [0.25, 0.3) is 10.9 Å². The highest BCUT2D eigenvalue weighted by atomic mass is 16.4. The number of hydrogen-bond acceptors (Lipinski definition) is 7. The number of rotatable bonds is 18. The van der Waals surface area contributed by atoms with Gasteiger partial charge in [-0.15, -0.1) is 0 Å². The largest absolute Gasteiger partial charge is 0.481 e. The fourth-order valence-electron chi connectivity index (χ4n) is 4.40. The summed E-state index contributed by atoms with van der Waals surface area (Å²) in [6, 6.07) is 2.55. The Labute approximate surface area is 249 Å². The number of aliphatic carboxylic acids is 2. The van der Waals surface area contributed by atoms with Gasteiger partial charge in [0.1, 0.15) is 18.1 Å². The van der Waals surface area contributed by atoms with Crippen LogP contribution in [0.3, 0.4) is 0 Å². The van der Waals surface area contributed by atoms with E-state index in [2.05, 4.69) is 25.9 Å². The molecule has 15 nitrogen and oxygen atoms in total. The molecule has 0 aliphatic carbocycles. The summed E-state index contributed by atoms with van der Waals surface area (Å²) in [5.74, 6) is -5.19. The van der Waals surface area contributed by atoms with E-state index in [-0.39, 0.29) is 31.8 Å². The Bertz CT molecular complexity index is 1310. The zero-order chi connectivity index (χ0) is 32.1. The number of aromatic amines is 1. The van der Waals surface area contributed by atoms with E-state index in [1.54, 1.807) is 20.0 Å². The van der Waals surface area contributed by atoms with E-state index in [1.807, 2.05) is 24.3 Å². The number of nitrogens with two attached hydrogens (primary N) is 3. The quantitative estimate of drug-likeness (QED) is 0.0602. The maximum Gasteiger partial charge on any atom is 0.326 e. The SMILES string of the molecule is CCC(C)C(NC(=O)C(CCC(=O)O)NC(=O)C(N)CCCN=C(N)N)C(=O)NC(Cc1c[nH]c2ccccc12)C(=O)O. The Morgan fingerprint density at radius 3 is 2.26 bits per heavy atom. The van der Waals surface area contributed by atoms with E-state index < -0.39 is 66.2 Å². The number of aliphatic imine (C=N–C) groups is 1. The maximum atomic E-state index is 13.4. The molecule has 2 aromatic rings. The van der Waals surface area contributed by atoms with E-state index in [9.17, 15) is 34.2 Å². The number of H-pyrrole nitrogens is 1. The van der Waals surface area contributed by atoms with Gasteiger partial charge in [-0.1, -0.05) is 38.5 Å². The topological polar surface area (TPSA) is 268 Å². The van der Waals surface area contributed by atoms with Crippen molar-refractivity contribution < 1.29 is 34.2 Å². The van der Waals surface area contributed by atoms with Gasteiger partial charge >= 0.3 is 11.9 Å². The smallest absolute Gasteiger partial charge is 0.326 e. The highest BCUT2D eigenvalue weighted by molar-refractivity contribution is 5.94. The minimum atomic E-state index is -1.31. The lowest BCUT2D eigenvalue weighted by Gasteiger charge is -2.28. The first-order valence-electron chi connectivity index (χ1n) is 14.1. The lowest BCUT2D eigenvalue weighted by atomic mass is 9.96. The number of carbonyl (C=O) groups is 5. The molecule has 1 aromatic carbocycles. The van der Waals surface area contributed by atoms with Gasteiger partial charge in [0.05, 0.1) is 6.04 Å². The van der Waals surface area contributed by atoms with Crippen LogP contribution in [0.4, 0.5) is 0 Å². The molecule has 1 aromatic heterocycles. The zero-order valence-corrected chi connectivity index (χ0v) is 24.3. The predicted octanol–water partition coefficient (Wildman–Crippen LogP) is -0.459. The number of amides is 3. The van der Waals surface area contributed by atoms with Crippen LogP contribution in [-0.4, -0.2) is 81.5 Å². The first-order valence-corrected chi connectivity index (χ1v) is 14.1. The summed E-state index contributed by atoms with van der Waals surface area (Å²) in [5.41, 5.74) is 18.0. The number of carbonyl (C=O) groups excluding carboxylic acids is 3. The minimum absolute atomic E-state index is 0.00930. The summed E-state index contributed by atoms with van der Waals surface area (Å²) < 4.78 is 0. The molecule has 12 N–H and O–H groups in total. The van der Waals surface area contributed by atoms with Gasteiger partial charge < -0.3 is 48.3 Å². The number of para-hydroxylation sites is 1. The standard InChI is InChI=1S/C28H42N8O7/c1-3-15(2)23(26(41)35-21(27(42)43)13-16-14-33-19-9-5-4-7-17(16)19)36-25(40)20(10-11-22(37)38)34-24(39)18(29)8-6-12-32-28(30)31/h4-5,7,9,14-15,18,20-21,23,33H,3,6,8,10-13,29H2,1-2H3,(H,34,39)(H,35,41)(H,36,40)(H,37,38)(H,42,43)(H4,30,31,32). The van der Waals surface area contributed by atoms with Crippen molar-refractivity contribution in [2.75, 3.05) is 6.54 Å². The van der Waals surface area contributed by atoms with Crippen molar-refractivity contribution in [3.63, 3.8) is 0 Å². The number of benzene rings is 1. The molecule has 236 valence electrons. The molecule has 5 atom stereocenters. The highest BCUT2D eigenvalue weighted by Crippen LogP contribution is 2.19. The van der Waals surface area contributed by atoms with Crippen molar-refractivity contribution in [3.8, 4) is 0 Å². The second-order valence-electron chi connectivity index (χ2n) is 10.4. The number of hydrogen-bond donors (Lipinski definition) is 9. The Balaban J connectivity index is 2.16. The Hall–Kier alpha value is -4.66. The summed E-state index contributed by atoms with van der Waals surface area (Å²) in [7, 11) is 0. The minimum Gasteiger partial charge on any atom is -0.481 e. The summed E-state index contributed by atoms with van der Waals surface area (Å²) in [6.45, 7) is 3.75. The molecule has 0 saturated carbocycles. The molecular weight excluding hydrogens is 560 g/mol. The van der Waals surface area contributed by atoms with Gasteiger partial charge in [0.2, 0.25) is 17.7 Å². The summed E-state index contributed by atoms with van der Waals surface area (Å²) in [6.07, 6.45) is 2.00. The molecule has 0 saturated heterocycles. The van der Waals surface area contributed by atoms with Crippen LogP contribution in [0.2, 0.25) is 0 Å². The lowest BCUT2D eigenvalue weighted by Crippen LogP contribution is -2.59. The number of carboxylic acid groups (broad SMARTS) is 2. The Morgan fingerprint density at radius 1 is 0.953 bits per heavy atom. The number of guanidine groups is 1. The number of nitrogens with zero attached hydrogens (tertiary/aromatic N) is 1. The summed E-state index contributed by atoms with van der Waals surface area (Å²) in [5, 5.41) is 27.5. The number of aromatic nitrogens is 1. The van der Waals surface area contributed by atoms with Crippen LogP contribution < -0.4 is 33.2 Å². The third kappa shape index (κ3) is 10.9. The average molecular weight is 603 g/mol. The molecule has 0 radical (unpaired) electrons. The van der Waals surface area contributed by atoms with Crippen molar-refractivity contribution in [1.82, 2.24) is 20.9 Å². The molecule has 0 aliphatic heterocycles. The van der Waals surface area contributed by atoms with Crippen molar-refractivity contribution in [1.29, 1.82) is 0 Å². The van der Waals surface area contributed by atoms with Crippen LogP contribution in [0.1, 0.15) is 51.5 Å². The number of carboxylic acids is 2. The van der Waals surface area contributed by atoms with Crippen LogP contribution in [0.5, 0.6) is 0 Å². The third-order valence-electron chi connectivity index (χ3n) is 7.09. The van der Waals surface area contributed by atoms with Gasteiger partial charge in [-0.05, 0) is 36.8 Å². The molecule has 0 aliphatic rings. The van der Waals surface area contributed by atoms with Gasteiger partial charge in [-0.2, -0.15) is 0 Å². The molecule has 43 heavy (non-hydrogen) atoms. The fraction of sp³-hybridized carbons (Fsp3) is 0.500. The van der Waals surface area contributed by atoms with Gasteiger partial charge in [0.25, 0.3) is 0 Å². The predicted molar refractivity (Wildman–Crippen MR) is 160 cm³/mol. The van der Waals surface area contributed by atoms with Gasteiger partial charge in [0.15, 0.2) is 5.96 Å². The molecule has 0 bridgehead atoms. The van der Waals surface area contributed by atoms with E-state index in [4.69, 9.17) is 17.2 Å². The second kappa shape index (κ2) is 16.7. The molecule has 5 unspecified atom stereocenters. The summed E-state index contributed by atoms with van der Waals surface area (Å²) >= 11 is 0. The normalized spacial score (nSPS) is 14.5. The van der Waals surface area contributed by atoms with Crippen molar-refractivity contribution >= 4 is 46.5 Å². The Kier molecular flexibility index (Phi) is 13.4. The van der Waals surface area contributed by atoms with Crippen molar-refractivity contribution in [2.24, 2.45) is 28.1 Å². The van der Waals surface area contributed by atoms with Crippen LogP contribution in [-0.2, 0) is 30.4 Å². The lowest BCUT2D eigenvalue weighted by molar-refractivity contribution is -0.142. The number of fused-ring (bicyclic) bond motifs is 1. The second-order valence-corrected chi connectivity index (χ2v) is 10.4. The zero-order valence-electron chi connectivity index (χ0n) is 24.3. The van der Waals surface area contributed by atoms with Crippen molar-refractivity contribution in [2.45, 2.75) is 76.5 Å². The van der Waals surface area contributed by atoms with E-state index in [0.29, 0.717) is 18.4 Å². The molecule has 0 spiro atoms. The molecule has 1 heterocycles. The van der Waals surface area contributed by atoms with E-state index >= 15 is 0 Å². The van der Waals surface area contributed by atoms with Crippen molar-refractivity contribution in [3.05, 3.63) is 36.0 Å². The van der Waals surface area contributed by atoms with E-state index in [0.717, 1.165) is 10.9 Å². The highest BCUT2D eigenvalue weighted by Gasteiger charge is 2.33. The molecule has 3 amide bonds. The number of nitrogens with one attached hydrogen (secondary N) is 4. The third-order valence-corrected chi connectivity index (χ3v) is 7.09. The van der Waals surface area contributed by atoms with Crippen LogP contribution in [0, 0.1) is 5.92 Å². The summed E-state index contributed by atoms with van der Waals surface area (Å²) in [4.78, 5) is 69.6. The van der Waals surface area contributed by atoms with Crippen LogP contribution >= 0.6 is 0 Å². The maximum absolute atomic E-state index is 13.4. The fourth-order valence-corrected chi connectivity index (χ4v) is 4.40. The van der Waals surface area contributed by atoms with Gasteiger partial charge in [-0.25, -0.2) is 4.79 Å². The van der Waals surface area contributed by atoms with Gasteiger partial charge in [-0.3, -0.25) is 24.2 Å². The molecular formula is C28H42N8O7. The first-order chi connectivity index (χ1) is 20.3. The first kappa shape index (κ1) is 34.5. The van der Waals surface area contributed by atoms with E-state index in [1.165, 1.54) is 0 Å². The monoisotopic (exact) mass is 602 g/mol. The van der Waals surface area contributed by atoms with Gasteiger partial charge in [0, 0.05) is 36.5 Å². The molecule has 15 heteroatoms. The molecule has 2 rings (SSSR count).